The molecule has 140 valence electrons. The largest absolute Gasteiger partial charge is 0.300 e. The lowest BCUT2D eigenvalue weighted by molar-refractivity contribution is -0.122. The molecular formula is C17H17FN6O2S. The van der Waals surface area contributed by atoms with E-state index in [9.17, 15) is 14.0 Å². The number of halogens is 1. The average Bonchev–Trinajstić information content (AvgIpc) is 3.34. The van der Waals surface area contributed by atoms with E-state index in [-0.39, 0.29) is 36.0 Å². The molecule has 27 heavy (non-hydrogen) atoms. The summed E-state index contributed by atoms with van der Waals surface area (Å²) in [6, 6.07) is 4.56. The van der Waals surface area contributed by atoms with Crippen molar-refractivity contribution in [2.24, 2.45) is 5.92 Å². The summed E-state index contributed by atoms with van der Waals surface area (Å²) in [6.45, 7) is 2.18. The lowest BCUT2D eigenvalue weighted by atomic mass is 10.1. The van der Waals surface area contributed by atoms with E-state index in [0.29, 0.717) is 10.6 Å². The molecule has 4 rings (SSSR count). The molecule has 3 aromatic rings. The Morgan fingerprint density at radius 2 is 2.30 bits per heavy atom. The summed E-state index contributed by atoms with van der Waals surface area (Å²) in [4.78, 5) is 26.3. The first-order valence-corrected chi connectivity index (χ1v) is 9.44. The number of aromatic nitrogens is 4. The standard InChI is InChI=1S/C17H17FN6O2S/c1-2-4-12-21-23-17(27-12)19-16(26)9-7-13(25)24(8-9)15-14-10(18)5-3-6-11(14)20-22-15/h3,5-6,9H,2,4,7-8H2,1H3,(H,20,22)(H,19,23,26)/t9-/m0/s1. The number of H-pyrrole nitrogens is 1. The van der Waals surface area contributed by atoms with E-state index < -0.39 is 11.7 Å². The van der Waals surface area contributed by atoms with Gasteiger partial charge in [0.1, 0.15) is 10.8 Å². The third-order valence-electron chi connectivity index (χ3n) is 4.43. The normalized spacial score (nSPS) is 17.0. The van der Waals surface area contributed by atoms with Gasteiger partial charge in [-0.3, -0.25) is 19.6 Å². The Morgan fingerprint density at radius 3 is 3.11 bits per heavy atom. The average molecular weight is 388 g/mol. The number of fused-ring (bicyclic) bond motifs is 1. The van der Waals surface area contributed by atoms with Gasteiger partial charge in [0, 0.05) is 19.4 Å². The van der Waals surface area contributed by atoms with Crippen molar-refractivity contribution in [2.75, 3.05) is 16.8 Å². The maximum absolute atomic E-state index is 14.2. The number of aryl methyl sites for hydroxylation is 1. The first-order valence-electron chi connectivity index (χ1n) is 8.63. The molecule has 3 heterocycles. The molecule has 1 fully saturated rings. The Morgan fingerprint density at radius 1 is 1.44 bits per heavy atom. The zero-order chi connectivity index (χ0) is 19.0. The van der Waals surface area contributed by atoms with Gasteiger partial charge in [-0.05, 0) is 18.6 Å². The molecule has 2 N–H and O–H groups in total. The van der Waals surface area contributed by atoms with Crippen molar-refractivity contribution in [3.05, 3.63) is 29.0 Å². The number of hydrogen-bond donors (Lipinski definition) is 2. The number of carbonyl (C=O) groups is 2. The lowest BCUT2D eigenvalue weighted by Crippen LogP contribution is -2.28. The SMILES string of the molecule is CCCc1nnc(NC(=O)[C@H]2CC(=O)N(c3n[nH]c4cccc(F)c34)C2)s1. The highest BCUT2D eigenvalue weighted by molar-refractivity contribution is 7.15. The summed E-state index contributed by atoms with van der Waals surface area (Å²) in [7, 11) is 0. The van der Waals surface area contributed by atoms with Crippen molar-refractivity contribution >= 4 is 45.0 Å². The summed E-state index contributed by atoms with van der Waals surface area (Å²) in [5.74, 6) is -1.38. The summed E-state index contributed by atoms with van der Waals surface area (Å²) < 4.78 is 14.2. The van der Waals surface area contributed by atoms with Gasteiger partial charge in [0.15, 0.2) is 5.82 Å². The van der Waals surface area contributed by atoms with Crippen LogP contribution in [0.15, 0.2) is 18.2 Å². The van der Waals surface area contributed by atoms with Crippen molar-refractivity contribution in [3.63, 3.8) is 0 Å². The van der Waals surface area contributed by atoms with Crippen molar-refractivity contribution in [3.8, 4) is 0 Å². The van der Waals surface area contributed by atoms with Crippen LogP contribution in [0.25, 0.3) is 10.9 Å². The van der Waals surface area contributed by atoms with Crippen molar-refractivity contribution in [1.29, 1.82) is 0 Å². The van der Waals surface area contributed by atoms with Crippen LogP contribution in [-0.4, -0.2) is 38.8 Å². The van der Waals surface area contributed by atoms with Crippen LogP contribution in [0.2, 0.25) is 0 Å². The van der Waals surface area contributed by atoms with E-state index in [0.717, 1.165) is 17.8 Å². The number of nitrogens with one attached hydrogen (secondary N) is 2. The van der Waals surface area contributed by atoms with Crippen LogP contribution in [0.4, 0.5) is 15.3 Å². The molecule has 1 atom stereocenters. The fourth-order valence-corrected chi connectivity index (χ4v) is 3.97. The minimum atomic E-state index is -0.561. The first kappa shape index (κ1) is 17.5. The maximum atomic E-state index is 14.2. The van der Waals surface area contributed by atoms with Crippen LogP contribution in [-0.2, 0) is 16.0 Å². The minimum absolute atomic E-state index is 0.0370. The van der Waals surface area contributed by atoms with Gasteiger partial charge in [-0.1, -0.05) is 24.3 Å². The summed E-state index contributed by atoms with van der Waals surface area (Å²) in [6.07, 6.45) is 1.79. The Labute approximate surface area is 157 Å². The molecule has 0 spiro atoms. The molecular weight excluding hydrogens is 371 g/mol. The van der Waals surface area contributed by atoms with Crippen LogP contribution in [0.1, 0.15) is 24.8 Å². The quantitative estimate of drug-likeness (QED) is 0.699. The van der Waals surface area contributed by atoms with Crippen LogP contribution in [0.5, 0.6) is 0 Å². The topological polar surface area (TPSA) is 104 Å². The highest BCUT2D eigenvalue weighted by atomic mass is 32.1. The number of nitrogens with zero attached hydrogens (tertiary/aromatic N) is 4. The lowest BCUT2D eigenvalue weighted by Gasteiger charge is -2.14. The van der Waals surface area contributed by atoms with Crippen LogP contribution >= 0.6 is 11.3 Å². The molecule has 2 aromatic heterocycles. The number of anilines is 2. The fraction of sp³-hybridized carbons (Fsp3) is 0.353. The fourth-order valence-electron chi connectivity index (χ4n) is 3.12. The second kappa shape index (κ2) is 7.03. The summed E-state index contributed by atoms with van der Waals surface area (Å²) in [5.41, 5.74) is 0.503. The summed E-state index contributed by atoms with van der Waals surface area (Å²) in [5, 5.41) is 19.0. The molecule has 0 bridgehead atoms. The molecule has 1 aliphatic rings. The first-order chi connectivity index (χ1) is 13.1. The predicted octanol–water partition coefficient (Wildman–Crippen LogP) is 2.50. The van der Waals surface area contributed by atoms with Gasteiger partial charge in [-0.25, -0.2) is 4.39 Å². The summed E-state index contributed by atoms with van der Waals surface area (Å²) >= 11 is 1.33. The van der Waals surface area contributed by atoms with Gasteiger partial charge in [-0.15, -0.1) is 10.2 Å². The second-order valence-corrected chi connectivity index (χ2v) is 7.42. The van der Waals surface area contributed by atoms with Crippen molar-refractivity contribution in [1.82, 2.24) is 20.4 Å². The molecule has 0 saturated carbocycles. The maximum Gasteiger partial charge on any atom is 0.231 e. The van der Waals surface area contributed by atoms with E-state index in [1.807, 2.05) is 6.92 Å². The second-order valence-electron chi connectivity index (χ2n) is 6.36. The number of amides is 2. The molecule has 0 aliphatic carbocycles. The Balaban J connectivity index is 1.50. The van der Waals surface area contributed by atoms with Gasteiger partial charge >= 0.3 is 0 Å². The van der Waals surface area contributed by atoms with E-state index in [2.05, 4.69) is 25.7 Å². The van der Waals surface area contributed by atoms with Crippen LogP contribution < -0.4 is 10.2 Å². The molecule has 1 saturated heterocycles. The van der Waals surface area contributed by atoms with Gasteiger partial charge in [0.05, 0.1) is 16.8 Å². The Kier molecular flexibility index (Phi) is 4.56. The number of rotatable bonds is 5. The third-order valence-corrected chi connectivity index (χ3v) is 5.33. The molecule has 0 radical (unpaired) electrons. The molecule has 2 amide bonds. The van der Waals surface area contributed by atoms with E-state index in [1.54, 1.807) is 12.1 Å². The van der Waals surface area contributed by atoms with E-state index >= 15 is 0 Å². The van der Waals surface area contributed by atoms with Crippen molar-refractivity contribution < 1.29 is 14.0 Å². The van der Waals surface area contributed by atoms with Gasteiger partial charge in [-0.2, -0.15) is 5.10 Å². The van der Waals surface area contributed by atoms with Crippen LogP contribution in [0.3, 0.4) is 0 Å². The van der Waals surface area contributed by atoms with Crippen LogP contribution in [0, 0.1) is 11.7 Å². The Hall–Kier alpha value is -2.88. The number of aromatic amines is 1. The van der Waals surface area contributed by atoms with E-state index in [1.165, 1.54) is 22.3 Å². The monoisotopic (exact) mass is 388 g/mol. The third kappa shape index (κ3) is 3.27. The molecule has 1 aliphatic heterocycles. The molecule has 10 heteroatoms. The highest BCUT2D eigenvalue weighted by Crippen LogP contribution is 2.31. The van der Waals surface area contributed by atoms with E-state index in [4.69, 9.17) is 0 Å². The highest BCUT2D eigenvalue weighted by Gasteiger charge is 2.37. The zero-order valence-corrected chi connectivity index (χ0v) is 15.3. The number of benzene rings is 1. The minimum Gasteiger partial charge on any atom is -0.300 e. The predicted molar refractivity (Wildman–Crippen MR) is 99.0 cm³/mol. The van der Waals surface area contributed by atoms with Crippen molar-refractivity contribution in [2.45, 2.75) is 26.2 Å². The zero-order valence-electron chi connectivity index (χ0n) is 14.5. The Bertz CT molecular complexity index is 1020. The number of carbonyl (C=O) groups excluding carboxylic acids is 2. The molecule has 0 unspecified atom stereocenters. The van der Waals surface area contributed by atoms with Gasteiger partial charge in [0.25, 0.3) is 0 Å². The molecule has 1 aromatic carbocycles. The van der Waals surface area contributed by atoms with Gasteiger partial charge in [0.2, 0.25) is 16.9 Å². The molecule has 8 nitrogen and oxygen atoms in total. The van der Waals surface area contributed by atoms with Gasteiger partial charge < -0.3 is 5.32 Å². The smallest absolute Gasteiger partial charge is 0.231 e. The number of hydrogen-bond acceptors (Lipinski definition) is 6.